The first kappa shape index (κ1) is 27.3. The third-order valence-electron chi connectivity index (χ3n) is 6.37. The van der Waals surface area contributed by atoms with Crippen LogP contribution in [0.2, 0.25) is 0 Å². The number of carbonyl (C=O) groups excluding carboxylic acids is 1. The van der Waals surface area contributed by atoms with Gasteiger partial charge in [0, 0.05) is 48.9 Å². The van der Waals surface area contributed by atoms with Crippen LogP contribution >= 0.6 is 11.8 Å². The number of nitrogens with two attached hydrogens (primary N) is 1. The monoisotopic (exact) mass is 533 g/mol. The molecule has 0 bridgehead atoms. The van der Waals surface area contributed by atoms with Gasteiger partial charge in [0.2, 0.25) is 5.91 Å². The standard InChI is InChI=1S/C29H35N5O3S/c1-36-26-19-23(9-12-25(26)37-16-13-34-14-17-38-18-15-34)27(29(35)32-20-21-5-3-2-4-6-21)33-24-10-7-22(8-11-24)28(30)31/h2-12,19,27,33H,13-18,20H2,1H3,(H3,30,31)(H,32,35)/t27-/m0/s1. The number of hydrogen-bond donors (Lipinski definition) is 4. The summed E-state index contributed by atoms with van der Waals surface area (Å²) in [5.74, 6) is 3.37. The Balaban J connectivity index is 1.50. The van der Waals surface area contributed by atoms with E-state index in [0.29, 0.717) is 30.2 Å². The number of amides is 1. The van der Waals surface area contributed by atoms with Crippen molar-refractivity contribution in [3.8, 4) is 11.5 Å². The average Bonchev–Trinajstić information content (AvgIpc) is 2.96. The number of methoxy groups -OCH3 is 1. The molecule has 0 aliphatic carbocycles. The van der Waals surface area contributed by atoms with Crippen molar-refractivity contribution in [1.82, 2.24) is 10.2 Å². The number of nitrogens with zero attached hydrogens (tertiary/aromatic N) is 1. The van der Waals surface area contributed by atoms with Gasteiger partial charge in [-0.2, -0.15) is 11.8 Å². The summed E-state index contributed by atoms with van der Waals surface area (Å²) in [6.07, 6.45) is 0. The molecule has 0 unspecified atom stereocenters. The molecule has 38 heavy (non-hydrogen) atoms. The van der Waals surface area contributed by atoms with Gasteiger partial charge < -0.3 is 25.8 Å². The number of benzene rings is 3. The first-order valence-electron chi connectivity index (χ1n) is 12.7. The molecule has 1 aliphatic heterocycles. The number of nitrogens with one attached hydrogen (secondary N) is 3. The summed E-state index contributed by atoms with van der Waals surface area (Å²) in [6, 6.07) is 21.8. The molecule has 3 aromatic carbocycles. The van der Waals surface area contributed by atoms with E-state index in [1.165, 1.54) is 0 Å². The fourth-order valence-electron chi connectivity index (χ4n) is 4.19. The van der Waals surface area contributed by atoms with Crippen molar-refractivity contribution in [1.29, 1.82) is 5.41 Å². The maximum Gasteiger partial charge on any atom is 0.247 e. The van der Waals surface area contributed by atoms with E-state index in [2.05, 4.69) is 15.5 Å². The molecule has 4 rings (SSSR count). The van der Waals surface area contributed by atoms with Gasteiger partial charge in [-0.15, -0.1) is 0 Å². The predicted molar refractivity (Wildman–Crippen MR) is 154 cm³/mol. The molecular weight excluding hydrogens is 498 g/mol. The zero-order valence-corrected chi connectivity index (χ0v) is 22.4. The van der Waals surface area contributed by atoms with Crippen LogP contribution in [0.4, 0.5) is 5.69 Å². The molecule has 1 heterocycles. The van der Waals surface area contributed by atoms with Crippen LogP contribution in [0.25, 0.3) is 0 Å². The van der Waals surface area contributed by atoms with Gasteiger partial charge in [-0.05, 0) is 47.5 Å². The van der Waals surface area contributed by atoms with E-state index in [1.54, 1.807) is 19.2 Å². The summed E-state index contributed by atoms with van der Waals surface area (Å²) >= 11 is 1.99. The Kier molecular flexibility index (Phi) is 9.89. The zero-order chi connectivity index (χ0) is 26.7. The highest BCUT2D eigenvalue weighted by Gasteiger charge is 2.22. The number of carbonyl (C=O) groups is 1. The maximum absolute atomic E-state index is 13.4. The Hall–Kier alpha value is -3.69. The molecule has 3 aromatic rings. The smallest absolute Gasteiger partial charge is 0.247 e. The molecule has 0 saturated carbocycles. The summed E-state index contributed by atoms with van der Waals surface area (Å²) in [4.78, 5) is 15.8. The number of hydrogen-bond acceptors (Lipinski definition) is 7. The van der Waals surface area contributed by atoms with E-state index in [9.17, 15) is 4.79 Å². The highest BCUT2D eigenvalue weighted by molar-refractivity contribution is 7.99. The van der Waals surface area contributed by atoms with Crippen LogP contribution in [0.5, 0.6) is 11.5 Å². The number of thioether (sulfide) groups is 1. The van der Waals surface area contributed by atoms with Gasteiger partial charge in [-0.1, -0.05) is 36.4 Å². The number of amidine groups is 1. The second-order valence-corrected chi connectivity index (χ2v) is 10.2. The fraction of sp³-hybridized carbons (Fsp3) is 0.310. The molecule has 0 spiro atoms. The lowest BCUT2D eigenvalue weighted by atomic mass is 10.0. The molecular formula is C29H35N5O3S. The summed E-state index contributed by atoms with van der Waals surface area (Å²) in [5.41, 5.74) is 8.69. The number of anilines is 1. The molecule has 0 aromatic heterocycles. The lowest BCUT2D eigenvalue weighted by Gasteiger charge is -2.26. The first-order chi connectivity index (χ1) is 18.5. The fourth-order valence-corrected chi connectivity index (χ4v) is 5.17. The van der Waals surface area contributed by atoms with Crippen LogP contribution in [0.15, 0.2) is 72.8 Å². The van der Waals surface area contributed by atoms with Crippen molar-refractivity contribution in [3.05, 3.63) is 89.5 Å². The summed E-state index contributed by atoms with van der Waals surface area (Å²) in [6.45, 7) is 4.02. The molecule has 1 amide bonds. The van der Waals surface area contributed by atoms with Crippen LogP contribution < -0.4 is 25.8 Å². The SMILES string of the molecule is COc1cc([C@H](Nc2ccc(C(=N)N)cc2)C(=O)NCc2ccccc2)ccc1OCCN1CCSCC1. The Morgan fingerprint density at radius 3 is 2.47 bits per heavy atom. The van der Waals surface area contributed by atoms with Gasteiger partial charge >= 0.3 is 0 Å². The Bertz CT molecular complexity index is 1200. The molecule has 1 atom stereocenters. The third kappa shape index (κ3) is 7.66. The molecule has 1 aliphatic rings. The predicted octanol–water partition coefficient (Wildman–Crippen LogP) is 3.88. The molecule has 0 radical (unpaired) electrons. The normalized spacial score (nSPS) is 14.3. The van der Waals surface area contributed by atoms with Gasteiger partial charge in [0.15, 0.2) is 11.5 Å². The second-order valence-electron chi connectivity index (χ2n) is 8.98. The third-order valence-corrected chi connectivity index (χ3v) is 7.31. The van der Waals surface area contributed by atoms with E-state index in [-0.39, 0.29) is 11.7 Å². The summed E-state index contributed by atoms with van der Waals surface area (Å²) < 4.78 is 11.7. The van der Waals surface area contributed by atoms with Gasteiger partial charge in [-0.25, -0.2) is 0 Å². The van der Waals surface area contributed by atoms with Gasteiger partial charge in [0.05, 0.1) is 7.11 Å². The van der Waals surface area contributed by atoms with Crippen LogP contribution in [0.3, 0.4) is 0 Å². The number of ether oxygens (including phenoxy) is 2. The Labute approximate surface area is 228 Å². The molecule has 8 nitrogen and oxygen atoms in total. The second kappa shape index (κ2) is 13.7. The minimum Gasteiger partial charge on any atom is -0.493 e. The maximum atomic E-state index is 13.4. The topological polar surface area (TPSA) is 113 Å². The Morgan fingerprint density at radius 2 is 1.79 bits per heavy atom. The highest BCUT2D eigenvalue weighted by Crippen LogP contribution is 2.32. The summed E-state index contributed by atoms with van der Waals surface area (Å²) in [5, 5.41) is 14.0. The number of nitrogen functional groups attached to an aromatic ring is 1. The van der Waals surface area contributed by atoms with E-state index in [1.807, 2.05) is 72.4 Å². The molecule has 200 valence electrons. The van der Waals surface area contributed by atoms with Gasteiger partial charge in [0.25, 0.3) is 0 Å². The summed E-state index contributed by atoms with van der Waals surface area (Å²) in [7, 11) is 1.60. The van der Waals surface area contributed by atoms with Crippen LogP contribution in [-0.4, -0.2) is 61.5 Å². The van der Waals surface area contributed by atoms with E-state index in [0.717, 1.165) is 48.0 Å². The molecule has 5 N–H and O–H groups in total. The van der Waals surface area contributed by atoms with E-state index in [4.69, 9.17) is 20.6 Å². The van der Waals surface area contributed by atoms with Crippen molar-refractivity contribution >= 4 is 29.2 Å². The van der Waals surface area contributed by atoms with Crippen molar-refractivity contribution < 1.29 is 14.3 Å². The zero-order valence-electron chi connectivity index (χ0n) is 21.6. The molecule has 1 fully saturated rings. The molecule has 9 heteroatoms. The number of rotatable bonds is 12. The quantitative estimate of drug-likeness (QED) is 0.206. The van der Waals surface area contributed by atoms with Crippen LogP contribution in [-0.2, 0) is 11.3 Å². The lowest BCUT2D eigenvalue weighted by molar-refractivity contribution is -0.122. The molecule has 1 saturated heterocycles. The Morgan fingerprint density at radius 1 is 1.05 bits per heavy atom. The average molecular weight is 534 g/mol. The van der Waals surface area contributed by atoms with E-state index >= 15 is 0 Å². The van der Waals surface area contributed by atoms with Crippen molar-refractivity contribution in [2.45, 2.75) is 12.6 Å². The minimum atomic E-state index is -0.685. The van der Waals surface area contributed by atoms with Gasteiger partial charge in [-0.3, -0.25) is 15.1 Å². The highest BCUT2D eigenvalue weighted by atomic mass is 32.2. The van der Waals surface area contributed by atoms with Crippen molar-refractivity contribution in [3.63, 3.8) is 0 Å². The first-order valence-corrected chi connectivity index (χ1v) is 13.8. The van der Waals surface area contributed by atoms with Crippen molar-refractivity contribution in [2.24, 2.45) is 5.73 Å². The van der Waals surface area contributed by atoms with E-state index < -0.39 is 6.04 Å². The lowest BCUT2D eigenvalue weighted by Crippen LogP contribution is -2.35. The minimum absolute atomic E-state index is 0.00629. The van der Waals surface area contributed by atoms with Crippen LogP contribution in [0, 0.1) is 5.41 Å². The van der Waals surface area contributed by atoms with Crippen LogP contribution in [0.1, 0.15) is 22.7 Å². The largest absolute Gasteiger partial charge is 0.493 e. The van der Waals surface area contributed by atoms with Crippen molar-refractivity contribution in [2.75, 3.05) is 50.2 Å². The van der Waals surface area contributed by atoms with Gasteiger partial charge in [0.1, 0.15) is 18.5 Å².